The van der Waals surface area contributed by atoms with Gasteiger partial charge in [-0.2, -0.15) is 0 Å². The van der Waals surface area contributed by atoms with Crippen LogP contribution in [0.25, 0.3) is 0 Å². The first kappa shape index (κ1) is 25.5. The van der Waals surface area contributed by atoms with Crippen molar-refractivity contribution in [2.45, 2.75) is 52.6 Å². The third-order valence-corrected chi connectivity index (χ3v) is 6.49. The Hall–Kier alpha value is -3.16. The van der Waals surface area contributed by atoms with Gasteiger partial charge >= 0.3 is 0 Å². The lowest BCUT2D eigenvalue weighted by Gasteiger charge is -2.29. The van der Waals surface area contributed by atoms with E-state index in [0.717, 1.165) is 5.56 Å². The number of hydrogen-bond acceptors (Lipinski definition) is 5. The number of carbonyl (C=O) groups excluding carboxylic acids is 4. The largest absolute Gasteiger partial charge is 0.497 e. The smallest absolute Gasteiger partial charge is 0.242 e. The van der Waals surface area contributed by atoms with Gasteiger partial charge < -0.3 is 15.0 Å². The minimum atomic E-state index is -0.714. The molecule has 1 N–H and O–H groups in total. The molecule has 8 heteroatoms. The lowest BCUT2D eigenvalue weighted by molar-refractivity contribution is -0.143. The van der Waals surface area contributed by atoms with E-state index < -0.39 is 6.04 Å². The summed E-state index contributed by atoms with van der Waals surface area (Å²) in [6.45, 7) is 6.45. The fourth-order valence-corrected chi connectivity index (χ4v) is 4.44. The van der Waals surface area contributed by atoms with Crippen molar-refractivity contribution in [3.05, 3.63) is 42.0 Å². The Balaban J connectivity index is 1.72. The van der Waals surface area contributed by atoms with Gasteiger partial charge in [-0.3, -0.25) is 24.1 Å². The fourth-order valence-electron chi connectivity index (χ4n) is 4.44. The summed E-state index contributed by atoms with van der Waals surface area (Å²) in [6.07, 6.45) is 4.97. The molecule has 34 heavy (non-hydrogen) atoms. The highest BCUT2D eigenvalue weighted by molar-refractivity contribution is 6.05. The van der Waals surface area contributed by atoms with Crippen molar-refractivity contribution in [2.75, 3.05) is 20.2 Å². The molecule has 1 saturated heterocycles. The zero-order valence-electron chi connectivity index (χ0n) is 20.5. The van der Waals surface area contributed by atoms with Crippen LogP contribution in [0, 0.1) is 17.8 Å². The van der Waals surface area contributed by atoms with Crippen LogP contribution in [0.5, 0.6) is 5.75 Å². The first-order valence-electron chi connectivity index (χ1n) is 11.9. The van der Waals surface area contributed by atoms with E-state index in [9.17, 15) is 19.2 Å². The molecule has 1 unspecified atom stereocenters. The van der Waals surface area contributed by atoms with Crippen LogP contribution in [0.4, 0.5) is 0 Å². The van der Waals surface area contributed by atoms with Crippen LogP contribution in [0.3, 0.4) is 0 Å². The highest BCUT2D eigenvalue weighted by Gasteiger charge is 2.47. The lowest BCUT2D eigenvalue weighted by atomic mass is 9.85. The number of nitrogens with one attached hydrogen (secondary N) is 1. The van der Waals surface area contributed by atoms with E-state index in [4.69, 9.17) is 4.74 Å². The van der Waals surface area contributed by atoms with Crippen molar-refractivity contribution >= 4 is 23.6 Å². The monoisotopic (exact) mass is 469 g/mol. The standard InChI is InChI=1S/C26H35N3O5/c1-17(2)15-27-24(31)18(3)29(16-19-8-7-9-20(14-19)34-4)23(30)12-13-28-25(32)21-10-5-6-11-22(21)26(28)33/h5-9,14,17-18,21-22H,10-13,15-16H2,1-4H3,(H,27,31)/t18?,21-,22+. The Kier molecular flexibility index (Phi) is 8.47. The number of ether oxygens (including phenoxy) is 1. The predicted molar refractivity (Wildman–Crippen MR) is 128 cm³/mol. The Morgan fingerprint density at radius 2 is 1.76 bits per heavy atom. The van der Waals surface area contributed by atoms with E-state index in [1.54, 1.807) is 14.0 Å². The summed E-state index contributed by atoms with van der Waals surface area (Å²) in [5.41, 5.74) is 0.821. The van der Waals surface area contributed by atoms with Crippen LogP contribution in [0.1, 0.15) is 45.6 Å². The highest BCUT2D eigenvalue weighted by Crippen LogP contribution is 2.35. The molecular formula is C26H35N3O5. The van der Waals surface area contributed by atoms with E-state index in [-0.39, 0.29) is 60.9 Å². The maximum atomic E-state index is 13.3. The molecule has 0 aromatic heterocycles. The number of nitrogens with zero attached hydrogens (tertiary/aromatic N) is 2. The van der Waals surface area contributed by atoms with E-state index >= 15 is 0 Å². The maximum absolute atomic E-state index is 13.3. The molecule has 0 saturated carbocycles. The molecule has 1 aliphatic carbocycles. The van der Waals surface area contributed by atoms with Crippen molar-refractivity contribution in [1.82, 2.24) is 15.1 Å². The Morgan fingerprint density at radius 1 is 1.12 bits per heavy atom. The van der Waals surface area contributed by atoms with Gasteiger partial charge in [0, 0.05) is 26.1 Å². The minimum Gasteiger partial charge on any atom is -0.497 e. The topological polar surface area (TPSA) is 96.0 Å². The molecule has 1 aliphatic heterocycles. The van der Waals surface area contributed by atoms with E-state index in [0.29, 0.717) is 25.1 Å². The van der Waals surface area contributed by atoms with Crippen molar-refractivity contribution in [2.24, 2.45) is 17.8 Å². The van der Waals surface area contributed by atoms with Gasteiger partial charge in [0.25, 0.3) is 0 Å². The molecule has 184 valence electrons. The van der Waals surface area contributed by atoms with Gasteiger partial charge in [-0.25, -0.2) is 0 Å². The van der Waals surface area contributed by atoms with Gasteiger partial charge in [0.2, 0.25) is 23.6 Å². The number of benzene rings is 1. The first-order valence-corrected chi connectivity index (χ1v) is 11.9. The summed E-state index contributed by atoms with van der Waals surface area (Å²) >= 11 is 0. The number of rotatable bonds is 10. The highest BCUT2D eigenvalue weighted by atomic mass is 16.5. The van der Waals surface area contributed by atoms with Gasteiger partial charge in [0.1, 0.15) is 11.8 Å². The number of methoxy groups -OCH3 is 1. The van der Waals surface area contributed by atoms with Gasteiger partial charge in [-0.1, -0.05) is 38.1 Å². The Morgan fingerprint density at radius 3 is 2.35 bits per heavy atom. The van der Waals surface area contributed by atoms with Gasteiger partial charge in [0.05, 0.1) is 18.9 Å². The maximum Gasteiger partial charge on any atom is 0.242 e. The van der Waals surface area contributed by atoms with Crippen LogP contribution in [0.15, 0.2) is 36.4 Å². The average molecular weight is 470 g/mol. The van der Waals surface area contributed by atoms with Crippen LogP contribution in [-0.2, 0) is 25.7 Å². The van der Waals surface area contributed by atoms with E-state index in [1.807, 2.05) is 50.3 Å². The number of fused-ring (bicyclic) bond motifs is 1. The third kappa shape index (κ3) is 5.85. The van der Waals surface area contributed by atoms with Crippen LogP contribution in [-0.4, -0.2) is 59.7 Å². The molecular weight excluding hydrogens is 434 g/mol. The van der Waals surface area contributed by atoms with Crippen molar-refractivity contribution in [3.8, 4) is 5.75 Å². The van der Waals surface area contributed by atoms with Crippen LogP contribution in [0.2, 0.25) is 0 Å². The second kappa shape index (κ2) is 11.3. The third-order valence-electron chi connectivity index (χ3n) is 6.49. The van der Waals surface area contributed by atoms with Gasteiger partial charge in [0.15, 0.2) is 0 Å². The summed E-state index contributed by atoms with van der Waals surface area (Å²) in [6, 6.07) is 6.62. The zero-order chi connectivity index (χ0) is 24.8. The molecule has 3 atom stereocenters. The molecule has 4 amide bonds. The summed E-state index contributed by atoms with van der Waals surface area (Å²) in [5, 5.41) is 2.89. The molecule has 3 rings (SSSR count). The number of likely N-dealkylation sites (tertiary alicyclic amines) is 1. The number of allylic oxidation sites excluding steroid dienone is 2. The first-order chi connectivity index (χ1) is 16.2. The summed E-state index contributed by atoms with van der Waals surface area (Å²) in [7, 11) is 1.57. The molecule has 1 heterocycles. The molecule has 2 aliphatic rings. The number of amides is 4. The van der Waals surface area contributed by atoms with Crippen molar-refractivity contribution in [3.63, 3.8) is 0 Å². The van der Waals surface area contributed by atoms with Crippen LogP contribution >= 0.6 is 0 Å². The summed E-state index contributed by atoms with van der Waals surface area (Å²) < 4.78 is 5.29. The molecule has 1 fully saturated rings. The second-order valence-electron chi connectivity index (χ2n) is 9.42. The van der Waals surface area contributed by atoms with E-state index in [1.165, 1.54) is 9.80 Å². The van der Waals surface area contributed by atoms with E-state index in [2.05, 4.69) is 5.32 Å². The average Bonchev–Trinajstić information content (AvgIpc) is 3.08. The molecule has 0 spiro atoms. The molecule has 0 bridgehead atoms. The zero-order valence-corrected chi connectivity index (χ0v) is 20.5. The minimum absolute atomic E-state index is 0.0262. The Bertz CT molecular complexity index is 932. The van der Waals surface area contributed by atoms with Crippen molar-refractivity contribution < 1.29 is 23.9 Å². The second-order valence-corrected chi connectivity index (χ2v) is 9.42. The molecule has 1 aromatic rings. The van der Waals surface area contributed by atoms with Gasteiger partial charge in [-0.05, 0) is 43.4 Å². The SMILES string of the molecule is COc1cccc(CN(C(=O)CCN2C(=O)[C@H]3CC=CC[C@H]3C2=O)C(C)C(=O)NCC(C)C)c1. The number of hydrogen-bond donors (Lipinski definition) is 1. The van der Waals surface area contributed by atoms with Crippen molar-refractivity contribution in [1.29, 1.82) is 0 Å². The summed E-state index contributed by atoms with van der Waals surface area (Å²) in [5.74, 6) is -0.625. The summed E-state index contributed by atoms with van der Waals surface area (Å²) in [4.78, 5) is 54.4. The molecule has 0 radical (unpaired) electrons. The molecule has 8 nitrogen and oxygen atoms in total. The predicted octanol–water partition coefficient (Wildman–Crippen LogP) is 2.53. The molecule has 1 aromatic carbocycles. The Labute approximate surface area is 201 Å². The lowest BCUT2D eigenvalue weighted by Crippen LogP contribution is -2.49. The number of imide groups is 1. The van der Waals surface area contributed by atoms with Crippen LogP contribution < -0.4 is 10.1 Å². The van der Waals surface area contributed by atoms with Gasteiger partial charge in [-0.15, -0.1) is 0 Å². The quantitative estimate of drug-likeness (QED) is 0.420. The normalized spacial score (nSPS) is 20.3. The fraction of sp³-hybridized carbons (Fsp3) is 0.538. The number of carbonyl (C=O) groups is 4.